The highest BCUT2D eigenvalue weighted by atomic mass is 32.2. The van der Waals surface area contributed by atoms with Gasteiger partial charge in [0, 0.05) is 6.20 Å². The maximum Gasteiger partial charge on any atom is 0.192 e. The van der Waals surface area contributed by atoms with E-state index >= 15 is 0 Å². The Bertz CT molecular complexity index is 886. The molecule has 2 atom stereocenters. The lowest BCUT2D eigenvalue weighted by molar-refractivity contribution is 0.259. The lowest BCUT2D eigenvalue weighted by atomic mass is 10.0. The molecule has 144 valence electrons. The van der Waals surface area contributed by atoms with Crippen molar-refractivity contribution in [1.29, 1.82) is 0 Å². The second-order valence-corrected chi connectivity index (χ2v) is 9.07. The standard InChI is InChI=1S/C18H24N6OS2/c1-10(2)8-12(9-25)21-15-14-16(22-17(19)27-14)24-18(23-15)26-11(3)13-6-4-5-7-20-13/h4-7,10-12,25H,8-9H2,1-3H3,(H3,19,21,22,23,24)/t11?,12-/m1/s1. The highest BCUT2D eigenvalue weighted by Crippen LogP contribution is 2.36. The maximum atomic E-state index is 9.72. The third-order valence-corrected chi connectivity index (χ3v) is 5.82. The Morgan fingerprint density at radius 1 is 1.22 bits per heavy atom. The van der Waals surface area contributed by atoms with E-state index in [1.807, 2.05) is 18.2 Å². The molecule has 7 nitrogen and oxygen atoms in total. The van der Waals surface area contributed by atoms with Gasteiger partial charge in [-0.1, -0.05) is 43.0 Å². The van der Waals surface area contributed by atoms with Crippen LogP contribution in [0.4, 0.5) is 10.9 Å². The molecule has 0 amide bonds. The van der Waals surface area contributed by atoms with Crippen LogP contribution in [0.15, 0.2) is 29.6 Å². The van der Waals surface area contributed by atoms with E-state index < -0.39 is 0 Å². The van der Waals surface area contributed by atoms with Gasteiger partial charge in [0.05, 0.1) is 23.6 Å². The first-order valence-corrected chi connectivity index (χ1v) is 10.5. The van der Waals surface area contributed by atoms with Crippen molar-refractivity contribution >= 4 is 44.4 Å². The van der Waals surface area contributed by atoms with Gasteiger partial charge in [-0.05, 0) is 31.4 Å². The van der Waals surface area contributed by atoms with Gasteiger partial charge in [0.15, 0.2) is 21.8 Å². The summed E-state index contributed by atoms with van der Waals surface area (Å²) in [6.45, 7) is 6.35. The molecule has 0 aliphatic carbocycles. The zero-order valence-electron chi connectivity index (χ0n) is 15.6. The quantitative estimate of drug-likeness (QED) is 0.385. The van der Waals surface area contributed by atoms with Crippen LogP contribution in [-0.2, 0) is 0 Å². The lowest BCUT2D eigenvalue weighted by Crippen LogP contribution is -2.26. The Hall–Kier alpha value is -1.97. The van der Waals surface area contributed by atoms with Gasteiger partial charge in [-0.25, -0.2) is 15.0 Å². The number of thioether (sulfide) groups is 1. The van der Waals surface area contributed by atoms with Crippen molar-refractivity contribution in [2.45, 2.75) is 43.6 Å². The minimum atomic E-state index is -0.0857. The lowest BCUT2D eigenvalue weighted by Gasteiger charge is -2.19. The van der Waals surface area contributed by atoms with Crippen molar-refractivity contribution in [2.75, 3.05) is 17.7 Å². The Morgan fingerprint density at radius 2 is 2.04 bits per heavy atom. The number of aliphatic hydroxyl groups is 1. The summed E-state index contributed by atoms with van der Waals surface area (Å²) in [6.07, 6.45) is 2.62. The maximum absolute atomic E-state index is 9.72. The Labute approximate surface area is 166 Å². The summed E-state index contributed by atoms with van der Waals surface area (Å²) in [7, 11) is 0. The van der Waals surface area contributed by atoms with Crippen molar-refractivity contribution < 1.29 is 5.11 Å². The van der Waals surface area contributed by atoms with Crippen LogP contribution in [0.2, 0.25) is 0 Å². The number of nitrogen functional groups attached to an aromatic ring is 1. The van der Waals surface area contributed by atoms with E-state index in [0.717, 1.165) is 16.8 Å². The third kappa shape index (κ3) is 5.06. The molecular formula is C18H24N6OS2. The van der Waals surface area contributed by atoms with Crippen molar-refractivity contribution in [3.05, 3.63) is 30.1 Å². The van der Waals surface area contributed by atoms with E-state index in [2.05, 4.69) is 41.0 Å². The molecule has 0 fully saturated rings. The number of rotatable bonds is 8. The average molecular weight is 405 g/mol. The zero-order chi connectivity index (χ0) is 19.4. The second-order valence-electron chi connectivity index (χ2n) is 6.73. The summed E-state index contributed by atoms with van der Waals surface area (Å²) in [5.41, 5.74) is 7.43. The van der Waals surface area contributed by atoms with Crippen LogP contribution in [0.3, 0.4) is 0 Å². The van der Waals surface area contributed by atoms with E-state index in [1.54, 1.807) is 6.20 Å². The minimum absolute atomic E-state index is 0.0325. The molecule has 3 rings (SSSR count). The molecule has 0 aromatic carbocycles. The summed E-state index contributed by atoms with van der Waals surface area (Å²) in [5, 5.41) is 14.2. The molecule has 0 spiro atoms. The molecule has 4 N–H and O–H groups in total. The number of aromatic nitrogens is 4. The van der Waals surface area contributed by atoms with Crippen LogP contribution in [-0.4, -0.2) is 37.7 Å². The Kier molecular flexibility index (Phi) is 6.46. The molecule has 0 saturated heterocycles. The van der Waals surface area contributed by atoms with E-state index in [1.165, 1.54) is 23.1 Å². The number of anilines is 2. The fourth-order valence-electron chi connectivity index (χ4n) is 2.75. The smallest absolute Gasteiger partial charge is 0.192 e. The molecule has 0 bridgehead atoms. The van der Waals surface area contributed by atoms with Crippen LogP contribution in [0.25, 0.3) is 10.3 Å². The number of fused-ring (bicyclic) bond motifs is 1. The van der Waals surface area contributed by atoms with Crippen LogP contribution in [0.5, 0.6) is 0 Å². The van der Waals surface area contributed by atoms with Crippen molar-refractivity contribution in [2.24, 2.45) is 5.92 Å². The number of nitrogens with one attached hydrogen (secondary N) is 1. The fourth-order valence-corrected chi connectivity index (χ4v) is 4.33. The van der Waals surface area contributed by atoms with Gasteiger partial charge in [-0.3, -0.25) is 4.98 Å². The number of aliphatic hydroxyl groups excluding tert-OH is 1. The topological polar surface area (TPSA) is 110 Å². The number of hydrogen-bond donors (Lipinski definition) is 3. The van der Waals surface area contributed by atoms with E-state index in [9.17, 15) is 5.11 Å². The van der Waals surface area contributed by atoms with Crippen LogP contribution in [0.1, 0.15) is 38.1 Å². The predicted octanol–water partition coefficient (Wildman–Crippen LogP) is 3.74. The highest BCUT2D eigenvalue weighted by molar-refractivity contribution is 7.99. The molecule has 3 aromatic rings. The molecular weight excluding hydrogens is 380 g/mol. The first kappa shape index (κ1) is 19.8. The summed E-state index contributed by atoms with van der Waals surface area (Å²) in [4.78, 5) is 18.0. The summed E-state index contributed by atoms with van der Waals surface area (Å²) in [6, 6.07) is 5.76. The molecule has 0 saturated carbocycles. The molecule has 3 heterocycles. The van der Waals surface area contributed by atoms with Crippen molar-refractivity contribution in [1.82, 2.24) is 19.9 Å². The first-order valence-electron chi connectivity index (χ1n) is 8.85. The van der Waals surface area contributed by atoms with E-state index in [4.69, 9.17) is 10.7 Å². The number of nitrogens with zero attached hydrogens (tertiary/aromatic N) is 4. The third-order valence-electron chi connectivity index (χ3n) is 3.95. The van der Waals surface area contributed by atoms with Gasteiger partial charge >= 0.3 is 0 Å². The van der Waals surface area contributed by atoms with Crippen LogP contribution >= 0.6 is 23.1 Å². The van der Waals surface area contributed by atoms with Gasteiger partial charge in [-0.15, -0.1) is 0 Å². The molecule has 3 aromatic heterocycles. The summed E-state index contributed by atoms with van der Waals surface area (Å²) < 4.78 is 0.810. The second kappa shape index (κ2) is 8.81. The minimum Gasteiger partial charge on any atom is -0.394 e. The number of pyridine rings is 1. The number of thiazole rings is 1. The summed E-state index contributed by atoms with van der Waals surface area (Å²) >= 11 is 2.87. The Morgan fingerprint density at radius 3 is 2.70 bits per heavy atom. The highest BCUT2D eigenvalue weighted by Gasteiger charge is 2.19. The van der Waals surface area contributed by atoms with E-state index in [0.29, 0.717) is 27.7 Å². The van der Waals surface area contributed by atoms with Gasteiger partial charge in [0.25, 0.3) is 0 Å². The predicted molar refractivity (Wildman–Crippen MR) is 112 cm³/mol. The van der Waals surface area contributed by atoms with Gasteiger partial charge in [-0.2, -0.15) is 0 Å². The molecule has 1 unspecified atom stereocenters. The monoisotopic (exact) mass is 404 g/mol. The normalized spacial score (nSPS) is 13.8. The van der Waals surface area contributed by atoms with Crippen LogP contribution < -0.4 is 11.1 Å². The zero-order valence-corrected chi connectivity index (χ0v) is 17.2. The summed E-state index contributed by atoms with van der Waals surface area (Å²) in [5.74, 6) is 1.13. The Balaban J connectivity index is 1.90. The van der Waals surface area contributed by atoms with Crippen molar-refractivity contribution in [3.63, 3.8) is 0 Å². The molecule has 0 aliphatic heterocycles. The average Bonchev–Trinajstić information content (AvgIpc) is 3.02. The van der Waals surface area contributed by atoms with Crippen LogP contribution in [0, 0.1) is 5.92 Å². The number of hydrogen-bond acceptors (Lipinski definition) is 9. The first-order chi connectivity index (χ1) is 13.0. The van der Waals surface area contributed by atoms with Gasteiger partial charge < -0.3 is 16.2 Å². The van der Waals surface area contributed by atoms with Gasteiger partial charge in [0.2, 0.25) is 0 Å². The van der Waals surface area contributed by atoms with E-state index in [-0.39, 0.29) is 17.9 Å². The number of nitrogens with two attached hydrogens (primary N) is 1. The molecule has 0 aliphatic rings. The largest absolute Gasteiger partial charge is 0.394 e. The molecule has 0 radical (unpaired) electrons. The fraction of sp³-hybridized carbons (Fsp3) is 0.444. The van der Waals surface area contributed by atoms with Gasteiger partial charge in [0.1, 0.15) is 4.70 Å². The molecule has 9 heteroatoms. The molecule has 27 heavy (non-hydrogen) atoms. The van der Waals surface area contributed by atoms with Crippen molar-refractivity contribution in [3.8, 4) is 0 Å². The SMILES string of the molecule is CC(C)C[C@H](CO)Nc1nc(SC(C)c2ccccn2)nc2nc(N)sc12.